The number of fused-ring (bicyclic) bond motifs is 3. The lowest BCUT2D eigenvalue weighted by Gasteiger charge is -2.41. The van der Waals surface area contributed by atoms with Crippen molar-refractivity contribution in [1.29, 1.82) is 0 Å². The molecule has 0 amide bonds. The van der Waals surface area contributed by atoms with Gasteiger partial charge in [-0.15, -0.1) is 11.3 Å². The molecule has 1 aliphatic rings. The highest BCUT2D eigenvalue weighted by Crippen LogP contribution is 2.47. The van der Waals surface area contributed by atoms with Gasteiger partial charge in [-0.25, -0.2) is 0 Å². The molecule has 0 saturated carbocycles. The smallest absolute Gasteiger partial charge is 0.0635 e. The van der Waals surface area contributed by atoms with Crippen molar-refractivity contribution < 1.29 is 0 Å². The summed E-state index contributed by atoms with van der Waals surface area (Å²) in [5, 5.41) is 2.65. The van der Waals surface area contributed by atoms with Gasteiger partial charge in [0.2, 0.25) is 0 Å². The van der Waals surface area contributed by atoms with Crippen molar-refractivity contribution in [2.75, 3.05) is 4.90 Å². The van der Waals surface area contributed by atoms with E-state index in [2.05, 4.69) is 254 Å². The monoisotopic (exact) mass is 809 g/mol. The maximum absolute atomic E-state index is 2.56. The van der Waals surface area contributed by atoms with Gasteiger partial charge in [-0.3, -0.25) is 0 Å². The first kappa shape index (κ1) is 37.5. The molecule has 1 heterocycles. The Morgan fingerprint density at radius 1 is 0.355 bits per heavy atom. The van der Waals surface area contributed by atoms with E-state index in [0.717, 1.165) is 11.4 Å². The minimum Gasteiger partial charge on any atom is -0.334 e. The van der Waals surface area contributed by atoms with Crippen molar-refractivity contribution in [2.24, 2.45) is 0 Å². The molecule has 62 heavy (non-hydrogen) atoms. The summed E-state index contributed by atoms with van der Waals surface area (Å²) in [6.45, 7) is 0. The first-order valence-electron chi connectivity index (χ1n) is 21.4. The van der Waals surface area contributed by atoms with E-state index in [1.54, 1.807) is 0 Å². The van der Waals surface area contributed by atoms with E-state index in [1.165, 1.54) is 81.4 Å². The second kappa shape index (κ2) is 16.5. The zero-order valence-electron chi connectivity index (χ0n) is 34.2. The Morgan fingerprint density at radius 3 is 1.48 bits per heavy atom. The van der Waals surface area contributed by atoms with Crippen LogP contribution in [0.1, 0.15) is 17.0 Å². The fourth-order valence-electron chi connectivity index (χ4n) is 9.42. The van der Waals surface area contributed by atoms with Crippen molar-refractivity contribution in [1.82, 2.24) is 0 Å². The number of hydrogen-bond donors (Lipinski definition) is 0. The predicted molar refractivity (Wildman–Crippen MR) is 266 cm³/mol. The molecule has 1 aliphatic carbocycles. The summed E-state index contributed by atoms with van der Waals surface area (Å²) in [6.07, 6.45) is 7.00. The van der Waals surface area contributed by atoms with Gasteiger partial charge < -0.3 is 4.90 Å². The minimum atomic E-state index is -0.0498. The van der Waals surface area contributed by atoms with Gasteiger partial charge in [0.25, 0.3) is 0 Å². The molecule has 0 fully saturated rings. The second-order valence-electron chi connectivity index (χ2n) is 16.0. The predicted octanol–water partition coefficient (Wildman–Crippen LogP) is 16.7. The summed E-state index contributed by atoms with van der Waals surface area (Å²) in [5.41, 5.74) is 15.9. The first-order valence-corrected chi connectivity index (χ1v) is 22.2. The third-order valence-electron chi connectivity index (χ3n) is 12.4. The van der Waals surface area contributed by atoms with Crippen LogP contribution in [0.15, 0.2) is 249 Å². The van der Waals surface area contributed by atoms with Gasteiger partial charge in [0.05, 0.1) is 6.04 Å². The second-order valence-corrected chi connectivity index (χ2v) is 17.1. The summed E-state index contributed by atoms with van der Waals surface area (Å²) in [4.78, 5) is 2.56. The van der Waals surface area contributed by atoms with Gasteiger partial charge >= 0.3 is 0 Å². The fourth-order valence-corrected chi connectivity index (χ4v) is 10.6. The summed E-state index contributed by atoms with van der Waals surface area (Å²) >= 11 is 1.87. The van der Waals surface area contributed by atoms with Crippen LogP contribution in [0.2, 0.25) is 0 Å². The molecular weight excluding hydrogens is 767 g/mol. The molecule has 1 aromatic heterocycles. The van der Waals surface area contributed by atoms with Gasteiger partial charge in [0.15, 0.2) is 0 Å². The van der Waals surface area contributed by atoms with E-state index in [4.69, 9.17) is 0 Å². The molecule has 294 valence electrons. The third kappa shape index (κ3) is 7.05. The highest BCUT2D eigenvalue weighted by atomic mass is 32.1. The Kier molecular flexibility index (Phi) is 9.97. The van der Waals surface area contributed by atoms with E-state index < -0.39 is 0 Å². The lowest BCUT2D eigenvalue weighted by Crippen LogP contribution is -2.37. The Labute approximate surface area is 367 Å². The van der Waals surface area contributed by atoms with Crippen LogP contribution in [-0.4, -0.2) is 6.04 Å². The Balaban J connectivity index is 1.05. The van der Waals surface area contributed by atoms with E-state index in [-0.39, 0.29) is 12.0 Å². The Hall–Kier alpha value is -7.52. The van der Waals surface area contributed by atoms with Crippen LogP contribution in [-0.2, 0) is 0 Å². The van der Waals surface area contributed by atoms with Crippen molar-refractivity contribution >= 4 is 48.5 Å². The molecule has 2 unspecified atom stereocenters. The van der Waals surface area contributed by atoms with E-state index >= 15 is 0 Å². The number of allylic oxidation sites excluding steroid dienone is 2. The number of benzene rings is 9. The molecule has 2 heteroatoms. The quantitative estimate of drug-likeness (QED) is 0.140. The summed E-state index contributed by atoms with van der Waals surface area (Å²) in [6, 6.07) is 84.2. The number of hydrogen-bond acceptors (Lipinski definition) is 2. The maximum Gasteiger partial charge on any atom is 0.0635 e. The van der Waals surface area contributed by atoms with Gasteiger partial charge in [0, 0.05) is 37.5 Å². The standard InChI is InChI=1S/C60H43NS/c1-4-16-42(17-5-1)43-30-32-44(33-31-43)45-34-38-49(39-35-45)61(50-40-36-48(37-41-50)53-26-15-29-58-60(53)55-24-12-13-28-57(55)62-58)56-27-14-25-52(47-20-8-3-9-21-47)59(56)54-23-11-10-22-51(54)46-18-6-2-7-19-46/h1-41,56,59H. The van der Waals surface area contributed by atoms with Crippen LogP contribution in [0.4, 0.5) is 11.4 Å². The highest BCUT2D eigenvalue weighted by Gasteiger charge is 2.35. The molecule has 0 spiro atoms. The van der Waals surface area contributed by atoms with Crippen LogP contribution < -0.4 is 4.90 Å². The molecule has 10 aromatic rings. The number of anilines is 2. The van der Waals surface area contributed by atoms with E-state index in [9.17, 15) is 0 Å². The molecule has 9 aromatic carbocycles. The molecule has 0 aliphatic heterocycles. The Bertz CT molecular complexity index is 3200. The SMILES string of the molecule is C1=CC(N(c2ccc(-c3ccc(-c4ccccc4)cc3)cc2)c2ccc(-c3cccc4sc5ccccc5c34)cc2)C(c2ccccc2-c2ccccc2)C(c2ccccc2)=C1. The summed E-state index contributed by atoms with van der Waals surface area (Å²) in [5.74, 6) is 0.00890. The fraction of sp³-hybridized carbons (Fsp3) is 0.0333. The molecule has 0 bridgehead atoms. The lowest BCUT2D eigenvalue weighted by molar-refractivity contribution is 0.704. The maximum atomic E-state index is 2.56. The zero-order valence-corrected chi connectivity index (χ0v) is 35.0. The number of thiophene rings is 1. The summed E-state index contributed by atoms with van der Waals surface area (Å²) in [7, 11) is 0. The van der Waals surface area contributed by atoms with Gasteiger partial charge in [-0.05, 0) is 97.6 Å². The summed E-state index contributed by atoms with van der Waals surface area (Å²) < 4.78 is 2.64. The first-order chi connectivity index (χ1) is 30.8. The molecule has 1 nitrogen and oxygen atoms in total. The number of nitrogens with zero attached hydrogens (tertiary/aromatic N) is 1. The average molecular weight is 810 g/mol. The van der Waals surface area contributed by atoms with Crippen molar-refractivity contribution in [3.05, 3.63) is 260 Å². The Morgan fingerprint density at radius 2 is 0.823 bits per heavy atom. The van der Waals surface area contributed by atoms with Crippen LogP contribution in [0.5, 0.6) is 0 Å². The van der Waals surface area contributed by atoms with Gasteiger partial charge in [-0.2, -0.15) is 0 Å². The third-order valence-corrected chi connectivity index (χ3v) is 13.5. The van der Waals surface area contributed by atoms with Crippen molar-refractivity contribution in [3.8, 4) is 44.5 Å². The van der Waals surface area contributed by atoms with Crippen molar-refractivity contribution in [2.45, 2.75) is 12.0 Å². The van der Waals surface area contributed by atoms with Crippen LogP contribution in [0.3, 0.4) is 0 Å². The highest BCUT2D eigenvalue weighted by molar-refractivity contribution is 7.25. The van der Waals surface area contributed by atoms with Crippen LogP contribution in [0, 0.1) is 0 Å². The molecule has 0 saturated heterocycles. The average Bonchev–Trinajstić information content (AvgIpc) is 3.75. The number of rotatable bonds is 9. The molecule has 2 atom stereocenters. The van der Waals surface area contributed by atoms with E-state index in [0.29, 0.717) is 0 Å². The molecule has 0 radical (unpaired) electrons. The molecular formula is C60H43NS. The zero-order chi connectivity index (χ0) is 41.2. The van der Waals surface area contributed by atoms with Crippen molar-refractivity contribution in [3.63, 3.8) is 0 Å². The van der Waals surface area contributed by atoms with Gasteiger partial charge in [-0.1, -0.05) is 212 Å². The van der Waals surface area contributed by atoms with E-state index in [1.807, 2.05) is 11.3 Å². The largest absolute Gasteiger partial charge is 0.334 e. The molecule has 11 rings (SSSR count). The van der Waals surface area contributed by atoms with Crippen LogP contribution >= 0.6 is 11.3 Å². The molecule has 0 N–H and O–H groups in total. The minimum absolute atomic E-state index is 0.00890. The van der Waals surface area contributed by atoms with Gasteiger partial charge in [0.1, 0.15) is 0 Å². The lowest BCUT2D eigenvalue weighted by atomic mass is 9.75. The van der Waals surface area contributed by atoms with Crippen LogP contribution in [0.25, 0.3) is 70.3 Å². The topological polar surface area (TPSA) is 3.24 Å². The normalized spacial score (nSPS) is 14.8.